The van der Waals surface area contributed by atoms with Gasteiger partial charge < -0.3 is 5.32 Å². The molecule has 0 atom stereocenters. The molecule has 1 aliphatic rings. The van der Waals surface area contributed by atoms with E-state index >= 15 is 0 Å². The molecule has 2 aromatic carbocycles. The van der Waals surface area contributed by atoms with Crippen LogP contribution in [0.25, 0.3) is 11.1 Å². The number of aryl methyl sites for hydroxylation is 2. The van der Waals surface area contributed by atoms with E-state index in [0.717, 1.165) is 11.6 Å². The van der Waals surface area contributed by atoms with Crippen molar-refractivity contribution in [3.05, 3.63) is 58.1 Å². The summed E-state index contributed by atoms with van der Waals surface area (Å²) in [6.07, 6.45) is 3.73. The van der Waals surface area contributed by atoms with Gasteiger partial charge in [0, 0.05) is 17.6 Å². The maximum absolute atomic E-state index is 6.23. The van der Waals surface area contributed by atoms with Crippen LogP contribution in [0, 0.1) is 0 Å². The molecule has 2 aromatic rings. The monoisotopic (exact) mass is 299 g/mol. The van der Waals surface area contributed by atoms with Gasteiger partial charge in [0.2, 0.25) is 0 Å². The van der Waals surface area contributed by atoms with Crippen molar-refractivity contribution >= 4 is 11.6 Å². The van der Waals surface area contributed by atoms with E-state index in [1.807, 2.05) is 6.07 Å². The summed E-state index contributed by atoms with van der Waals surface area (Å²) in [4.78, 5) is 0. The first-order valence-corrected chi connectivity index (χ1v) is 8.15. The van der Waals surface area contributed by atoms with Crippen LogP contribution >= 0.6 is 11.6 Å². The van der Waals surface area contributed by atoms with E-state index in [1.54, 1.807) is 0 Å². The Labute approximate surface area is 132 Å². The van der Waals surface area contributed by atoms with Crippen LogP contribution in [0.5, 0.6) is 0 Å². The number of hydrogen-bond donors (Lipinski definition) is 1. The topological polar surface area (TPSA) is 12.0 Å². The fraction of sp³-hybridized carbons (Fsp3) is 0.368. The lowest BCUT2D eigenvalue weighted by atomic mass is 9.96. The van der Waals surface area contributed by atoms with Gasteiger partial charge in [-0.05, 0) is 59.2 Å². The van der Waals surface area contributed by atoms with Crippen LogP contribution < -0.4 is 5.32 Å². The average molecular weight is 300 g/mol. The second-order valence-electron chi connectivity index (χ2n) is 6.17. The van der Waals surface area contributed by atoms with Gasteiger partial charge in [0.15, 0.2) is 0 Å². The highest BCUT2D eigenvalue weighted by Gasteiger charge is 2.13. The molecular weight excluding hydrogens is 278 g/mol. The summed E-state index contributed by atoms with van der Waals surface area (Å²) >= 11 is 6.23. The van der Waals surface area contributed by atoms with E-state index in [-0.39, 0.29) is 0 Å². The minimum Gasteiger partial charge on any atom is -0.310 e. The van der Waals surface area contributed by atoms with Crippen LogP contribution in [0.1, 0.15) is 37.0 Å². The molecule has 0 spiro atoms. The van der Waals surface area contributed by atoms with Crippen molar-refractivity contribution in [3.8, 4) is 11.1 Å². The first-order chi connectivity index (χ1) is 10.1. The smallest absolute Gasteiger partial charge is 0.0412 e. The minimum absolute atomic E-state index is 0.480. The molecule has 1 nitrogen and oxygen atoms in total. The lowest BCUT2D eigenvalue weighted by Gasteiger charge is -2.14. The highest BCUT2D eigenvalue weighted by Crippen LogP contribution is 2.31. The number of hydrogen-bond acceptors (Lipinski definition) is 1. The Bertz CT molecular complexity index is 646. The zero-order chi connectivity index (χ0) is 14.8. The summed E-state index contributed by atoms with van der Waals surface area (Å²) in [5, 5.41) is 4.31. The number of benzene rings is 2. The van der Waals surface area contributed by atoms with Crippen molar-refractivity contribution in [2.45, 2.75) is 45.7 Å². The summed E-state index contributed by atoms with van der Waals surface area (Å²) in [5.74, 6) is 0. The molecule has 0 fully saturated rings. The van der Waals surface area contributed by atoms with E-state index < -0.39 is 0 Å². The van der Waals surface area contributed by atoms with Crippen molar-refractivity contribution in [1.82, 2.24) is 5.32 Å². The highest BCUT2D eigenvalue weighted by atomic mass is 35.5. The average Bonchev–Trinajstić information content (AvgIpc) is 2.93. The molecule has 21 heavy (non-hydrogen) atoms. The molecule has 0 bridgehead atoms. The zero-order valence-corrected chi connectivity index (χ0v) is 13.5. The molecule has 0 saturated heterocycles. The van der Waals surface area contributed by atoms with Crippen molar-refractivity contribution < 1.29 is 0 Å². The Balaban J connectivity index is 1.98. The standard InChI is InChI=1S/C19H22ClN/c1-13(2)21-12-17-8-9-18(20)11-19(17)16-7-6-14-4-3-5-15(14)10-16/h6-11,13,21H,3-5,12H2,1-2H3. The second kappa shape index (κ2) is 6.21. The summed E-state index contributed by atoms with van der Waals surface area (Å²) in [6.45, 7) is 5.22. The fourth-order valence-electron chi connectivity index (χ4n) is 3.03. The van der Waals surface area contributed by atoms with Gasteiger partial charge in [0.05, 0.1) is 0 Å². The van der Waals surface area contributed by atoms with Crippen LogP contribution in [0.15, 0.2) is 36.4 Å². The van der Waals surface area contributed by atoms with E-state index in [2.05, 4.69) is 49.5 Å². The predicted octanol–water partition coefficient (Wildman–Crippen LogP) is 4.99. The Hall–Kier alpha value is -1.31. The first-order valence-electron chi connectivity index (χ1n) is 7.77. The van der Waals surface area contributed by atoms with Gasteiger partial charge in [-0.3, -0.25) is 0 Å². The molecular formula is C19H22ClN. The van der Waals surface area contributed by atoms with Crippen LogP contribution in [-0.2, 0) is 19.4 Å². The maximum atomic E-state index is 6.23. The summed E-state index contributed by atoms with van der Waals surface area (Å²) < 4.78 is 0. The van der Waals surface area contributed by atoms with Crippen LogP contribution in [0.4, 0.5) is 0 Å². The number of nitrogens with one attached hydrogen (secondary N) is 1. The SMILES string of the molecule is CC(C)NCc1ccc(Cl)cc1-c1ccc2c(c1)CCC2. The molecule has 0 heterocycles. The van der Waals surface area contributed by atoms with E-state index in [4.69, 9.17) is 11.6 Å². The quantitative estimate of drug-likeness (QED) is 0.838. The van der Waals surface area contributed by atoms with E-state index in [9.17, 15) is 0 Å². The highest BCUT2D eigenvalue weighted by molar-refractivity contribution is 6.30. The Morgan fingerprint density at radius 1 is 1.05 bits per heavy atom. The van der Waals surface area contributed by atoms with Crippen LogP contribution in [0.2, 0.25) is 5.02 Å². The Morgan fingerprint density at radius 3 is 2.67 bits per heavy atom. The molecule has 1 N–H and O–H groups in total. The third-order valence-electron chi connectivity index (χ3n) is 4.18. The lowest BCUT2D eigenvalue weighted by Crippen LogP contribution is -2.22. The molecule has 0 radical (unpaired) electrons. The lowest BCUT2D eigenvalue weighted by molar-refractivity contribution is 0.589. The molecule has 3 rings (SSSR count). The fourth-order valence-corrected chi connectivity index (χ4v) is 3.20. The zero-order valence-electron chi connectivity index (χ0n) is 12.7. The van der Waals surface area contributed by atoms with Gasteiger partial charge in [-0.15, -0.1) is 0 Å². The van der Waals surface area contributed by atoms with E-state index in [1.165, 1.54) is 47.1 Å². The van der Waals surface area contributed by atoms with Crippen LogP contribution in [0.3, 0.4) is 0 Å². The Kier molecular flexibility index (Phi) is 4.32. The third-order valence-corrected chi connectivity index (χ3v) is 4.42. The number of fused-ring (bicyclic) bond motifs is 1. The van der Waals surface area contributed by atoms with Crippen molar-refractivity contribution in [1.29, 1.82) is 0 Å². The normalized spacial score (nSPS) is 13.7. The molecule has 0 aromatic heterocycles. The van der Waals surface area contributed by atoms with Crippen molar-refractivity contribution in [2.75, 3.05) is 0 Å². The molecule has 0 saturated carbocycles. The molecule has 1 aliphatic carbocycles. The summed E-state index contributed by atoms with van der Waals surface area (Å²) in [5.41, 5.74) is 6.88. The van der Waals surface area contributed by atoms with Gasteiger partial charge in [-0.25, -0.2) is 0 Å². The Morgan fingerprint density at radius 2 is 1.86 bits per heavy atom. The number of halogens is 1. The second-order valence-corrected chi connectivity index (χ2v) is 6.61. The van der Waals surface area contributed by atoms with Crippen molar-refractivity contribution in [3.63, 3.8) is 0 Å². The number of rotatable bonds is 4. The van der Waals surface area contributed by atoms with Crippen molar-refractivity contribution in [2.24, 2.45) is 0 Å². The first kappa shape index (κ1) is 14.6. The third kappa shape index (κ3) is 3.30. The van der Waals surface area contributed by atoms with Gasteiger partial charge in [-0.1, -0.05) is 49.7 Å². The molecule has 0 unspecified atom stereocenters. The van der Waals surface area contributed by atoms with Gasteiger partial charge >= 0.3 is 0 Å². The summed E-state index contributed by atoms with van der Waals surface area (Å²) in [7, 11) is 0. The molecule has 0 amide bonds. The molecule has 2 heteroatoms. The van der Waals surface area contributed by atoms with Crippen LogP contribution in [-0.4, -0.2) is 6.04 Å². The van der Waals surface area contributed by atoms with Gasteiger partial charge in [-0.2, -0.15) is 0 Å². The predicted molar refractivity (Wildman–Crippen MR) is 90.9 cm³/mol. The van der Waals surface area contributed by atoms with Gasteiger partial charge in [0.25, 0.3) is 0 Å². The largest absolute Gasteiger partial charge is 0.310 e. The summed E-state index contributed by atoms with van der Waals surface area (Å²) in [6, 6.07) is 13.6. The minimum atomic E-state index is 0.480. The maximum Gasteiger partial charge on any atom is 0.0412 e. The molecule has 0 aliphatic heterocycles. The van der Waals surface area contributed by atoms with E-state index in [0.29, 0.717) is 6.04 Å². The van der Waals surface area contributed by atoms with Gasteiger partial charge in [0.1, 0.15) is 0 Å². The molecule has 110 valence electrons.